The van der Waals surface area contributed by atoms with Crippen LogP contribution in [0.1, 0.15) is 0 Å². The Bertz CT molecular complexity index is 343. The van der Waals surface area contributed by atoms with Crippen LogP contribution in [0.15, 0.2) is 41.0 Å². The van der Waals surface area contributed by atoms with E-state index >= 15 is 0 Å². The van der Waals surface area contributed by atoms with Crippen LogP contribution in [0.5, 0.6) is 0 Å². The molecule has 0 unspecified atom stereocenters. The molecule has 12 heavy (non-hydrogen) atoms. The van der Waals surface area contributed by atoms with E-state index in [0.29, 0.717) is 15.0 Å². The fraction of sp³-hybridized carbons (Fsp3) is 0. The van der Waals surface area contributed by atoms with E-state index in [4.69, 9.17) is 0 Å². The first kappa shape index (κ1) is 7.59. The molecule has 0 fully saturated rings. The Balaban J connectivity index is 2.02. The summed E-state index contributed by atoms with van der Waals surface area (Å²) >= 11 is 0.308. The van der Waals surface area contributed by atoms with Crippen LogP contribution in [0.4, 0.5) is 0 Å². The van der Waals surface area contributed by atoms with Crippen molar-refractivity contribution < 1.29 is 4.74 Å². The van der Waals surface area contributed by atoms with Crippen LogP contribution in [-0.4, -0.2) is 25.9 Å². The molecule has 0 aliphatic carbocycles. The Hall–Kier alpha value is -1.05. The van der Waals surface area contributed by atoms with Gasteiger partial charge in [-0.05, 0) is 0 Å². The molecule has 0 atom stereocenters. The number of hydrogen-bond donors (Lipinski definition) is 0. The van der Waals surface area contributed by atoms with Crippen molar-refractivity contribution in [3.05, 3.63) is 46.2 Å². The second-order valence-corrected chi connectivity index (χ2v) is 4.84. The number of benzene rings is 1. The molecule has 1 aliphatic heterocycles. The second-order valence-electron chi connectivity index (χ2n) is 2.44. The third-order valence-electron chi connectivity index (χ3n) is 1.49. The summed E-state index contributed by atoms with van der Waals surface area (Å²) in [4.78, 5) is 0. The van der Waals surface area contributed by atoms with Crippen molar-refractivity contribution in [1.29, 1.82) is 0 Å². The van der Waals surface area contributed by atoms with Crippen LogP contribution >= 0.6 is 0 Å². The zero-order valence-corrected chi connectivity index (χ0v) is 8.02. The first-order valence-corrected chi connectivity index (χ1v) is 5.31. The molecule has 1 aromatic carbocycles. The van der Waals surface area contributed by atoms with Gasteiger partial charge in [-0.3, -0.25) is 0 Å². The maximum absolute atomic E-state index is 10.5. The van der Waals surface area contributed by atoms with Crippen molar-refractivity contribution in [2.45, 2.75) is 0 Å². The fourth-order valence-corrected chi connectivity index (χ4v) is 2.76. The van der Waals surface area contributed by atoms with Gasteiger partial charge >= 0.3 is 76.6 Å². The van der Waals surface area contributed by atoms with Crippen LogP contribution in [0.2, 0.25) is 0 Å². The molecule has 0 saturated carbocycles. The normalized spacial score (nSPS) is 14.7. The molecule has 1 heterocycles. The Morgan fingerprint density at radius 2 is 1.83 bits per heavy atom. The molecular formula is C9H7NOSe. The van der Waals surface area contributed by atoms with Gasteiger partial charge in [0.25, 0.3) is 0 Å². The molecule has 0 amide bonds. The zero-order valence-electron chi connectivity index (χ0n) is 6.31. The number of rotatable bonds is 2. The molecule has 0 aromatic heterocycles. The molecule has 60 valence electrons. The van der Waals surface area contributed by atoms with E-state index in [1.165, 1.54) is 4.46 Å². The van der Waals surface area contributed by atoms with Crippen LogP contribution in [0.25, 0.3) is 0 Å². The summed E-state index contributed by atoms with van der Waals surface area (Å²) in [7, 11) is 0. The summed E-state index contributed by atoms with van der Waals surface area (Å²) in [6.45, 7) is 0. The van der Waals surface area contributed by atoms with Gasteiger partial charge in [0.15, 0.2) is 0 Å². The molecule has 1 aromatic rings. The van der Waals surface area contributed by atoms with Crippen molar-refractivity contribution in [2.75, 3.05) is 0 Å². The standard InChI is InChI=1S/C9H7NOSe/c11-10-6-9(7-10)12-8-4-2-1-3-5-8/h1-7H. The van der Waals surface area contributed by atoms with Crippen LogP contribution in [-0.2, 0) is 0 Å². The minimum atomic E-state index is 0.308. The van der Waals surface area contributed by atoms with Crippen LogP contribution < -0.4 is 4.46 Å². The van der Waals surface area contributed by atoms with E-state index in [-0.39, 0.29) is 0 Å². The van der Waals surface area contributed by atoms with E-state index in [2.05, 4.69) is 12.1 Å². The minimum absolute atomic E-state index is 0.308. The van der Waals surface area contributed by atoms with Gasteiger partial charge in [0, 0.05) is 0 Å². The molecule has 1 aliphatic rings. The van der Waals surface area contributed by atoms with E-state index in [9.17, 15) is 5.21 Å². The van der Waals surface area contributed by atoms with E-state index < -0.39 is 0 Å². The second kappa shape index (κ2) is 3.13. The summed E-state index contributed by atoms with van der Waals surface area (Å²) in [5.41, 5.74) is 0. The predicted octanol–water partition coefficient (Wildman–Crippen LogP) is 0.452. The third-order valence-corrected chi connectivity index (χ3v) is 3.49. The molecule has 3 heteroatoms. The van der Waals surface area contributed by atoms with Crippen molar-refractivity contribution in [3.8, 4) is 0 Å². The average molecular weight is 224 g/mol. The number of allylic oxidation sites excluding steroid dienone is 1. The quantitative estimate of drug-likeness (QED) is 0.407. The number of nitrogens with zero attached hydrogens (tertiary/aromatic N) is 1. The molecule has 0 spiro atoms. The summed E-state index contributed by atoms with van der Waals surface area (Å²) < 4.78 is 3.31. The van der Waals surface area contributed by atoms with Gasteiger partial charge in [-0.1, -0.05) is 0 Å². The average Bonchev–Trinajstić information content (AvgIpc) is 2.04. The van der Waals surface area contributed by atoms with Crippen LogP contribution in [0.3, 0.4) is 0 Å². The van der Waals surface area contributed by atoms with Gasteiger partial charge in [-0.25, -0.2) is 0 Å². The monoisotopic (exact) mass is 225 g/mol. The Kier molecular flexibility index (Phi) is 1.98. The molecular weight excluding hydrogens is 217 g/mol. The van der Waals surface area contributed by atoms with E-state index in [0.717, 1.165) is 9.21 Å². The summed E-state index contributed by atoms with van der Waals surface area (Å²) in [5, 5.41) is 10.5. The molecule has 0 radical (unpaired) electrons. The van der Waals surface area contributed by atoms with Gasteiger partial charge in [0.05, 0.1) is 0 Å². The Morgan fingerprint density at radius 1 is 1.17 bits per heavy atom. The topological polar surface area (TPSA) is 26.1 Å². The number of hydrogen-bond acceptors (Lipinski definition) is 1. The number of hydroxylamine groups is 1. The van der Waals surface area contributed by atoms with Crippen molar-refractivity contribution in [2.24, 2.45) is 0 Å². The van der Waals surface area contributed by atoms with Crippen molar-refractivity contribution >= 4 is 25.6 Å². The van der Waals surface area contributed by atoms with Gasteiger partial charge in [-0.2, -0.15) is 0 Å². The molecule has 0 bridgehead atoms. The van der Waals surface area contributed by atoms with Gasteiger partial charge in [0.2, 0.25) is 0 Å². The maximum atomic E-state index is 10.5. The summed E-state index contributed by atoms with van der Waals surface area (Å²) in [6.07, 6.45) is 3.26. The molecule has 0 saturated heterocycles. The zero-order chi connectivity index (χ0) is 8.39. The molecule has 0 N–H and O–H groups in total. The fourth-order valence-electron chi connectivity index (χ4n) is 0.917. The van der Waals surface area contributed by atoms with Gasteiger partial charge in [0.1, 0.15) is 0 Å². The predicted molar refractivity (Wildman–Crippen MR) is 49.6 cm³/mol. The van der Waals surface area contributed by atoms with Crippen molar-refractivity contribution in [3.63, 3.8) is 0 Å². The first-order valence-electron chi connectivity index (χ1n) is 3.60. The van der Waals surface area contributed by atoms with E-state index in [1.54, 1.807) is 12.4 Å². The van der Waals surface area contributed by atoms with Crippen LogP contribution in [0, 0.1) is 5.21 Å². The third kappa shape index (κ3) is 1.58. The van der Waals surface area contributed by atoms with E-state index in [1.807, 2.05) is 18.2 Å². The summed E-state index contributed by atoms with van der Waals surface area (Å²) in [6, 6.07) is 10.2. The Morgan fingerprint density at radius 3 is 2.42 bits per heavy atom. The van der Waals surface area contributed by atoms with Gasteiger partial charge < -0.3 is 0 Å². The van der Waals surface area contributed by atoms with Crippen molar-refractivity contribution in [1.82, 2.24) is 0 Å². The molecule has 2 rings (SSSR count). The Labute approximate surface area is 77.0 Å². The summed E-state index contributed by atoms with van der Waals surface area (Å²) in [5.74, 6) is 0. The van der Waals surface area contributed by atoms with Gasteiger partial charge in [-0.15, -0.1) is 0 Å². The first-order chi connectivity index (χ1) is 5.84. The SMILES string of the molecule is [O-][N+]1=CC([Se]c2ccccc2)=C1. The molecule has 2 nitrogen and oxygen atoms in total.